The molecular formula is C29H29ClF3N5O3S. The summed E-state index contributed by atoms with van der Waals surface area (Å²) in [7, 11) is -4.32. The van der Waals surface area contributed by atoms with E-state index in [1.165, 1.54) is 4.31 Å². The van der Waals surface area contributed by atoms with Crippen LogP contribution in [0.5, 0.6) is 0 Å². The summed E-state index contributed by atoms with van der Waals surface area (Å²) in [5.74, 6) is 0.887. The Hall–Kier alpha value is -3.35. The third-order valence-electron chi connectivity index (χ3n) is 8.22. The van der Waals surface area contributed by atoms with Crippen LogP contribution in [-0.2, 0) is 27.5 Å². The normalized spacial score (nSPS) is 18.9. The number of nitrogens with one attached hydrogen (secondary N) is 1. The highest BCUT2D eigenvalue weighted by molar-refractivity contribution is 7.89. The molecule has 222 valence electrons. The predicted octanol–water partition coefficient (Wildman–Crippen LogP) is 5.89. The fourth-order valence-electron chi connectivity index (χ4n) is 5.98. The molecule has 6 rings (SSSR count). The number of aryl methyl sites for hydroxylation is 1. The van der Waals surface area contributed by atoms with E-state index >= 15 is 0 Å². The van der Waals surface area contributed by atoms with E-state index in [2.05, 4.69) is 11.1 Å². The Morgan fingerprint density at radius 3 is 2.55 bits per heavy atom. The number of hydrogen-bond acceptors (Lipinski definition) is 4. The Kier molecular flexibility index (Phi) is 7.35. The highest BCUT2D eigenvalue weighted by Crippen LogP contribution is 2.39. The SMILES string of the molecule is Cc1ccc2nc(C3CCN(C(=O)CC4c5cccn5CCN4S(=O)(=O)c4ccc(C(F)(F)F)cc4Cl)CC3)[nH]c2c1. The molecule has 8 nitrogen and oxygen atoms in total. The van der Waals surface area contributed by atoms with Gasteiger partial charge in [-0.2, -0.15) is 17.5 Å². The number of aromatic nitrogens is 3. The number of halogens is 4. The molecule has 13 heteroatoms. The van der Waals surface area contributed by atoms with Crippen LogP contribution in [0.2, 0.25) is 5.02 Å². The van der Waals surface area contributed by atoms with Crippen LogP contribution in [0.1, 0.15) is 53.9 Å². The van der Waals surface area contributed by atoms with Gasteiger partial charge in [-0.25, -0.2) is 13.4 Å². The number of likely N-dealkylation sites (tertiary alicyclic amines) is 1. The fourth-order valence-corrected chi connectivity index (χ4v) is 8.09. The molecule has 1 saturated heterocycles. The maximum absolute atomic E-state index is 13.8. The van der Waals surface area contributed by atoms with Crippen LogP contribution >= 0.6 is 11.6 Å². The highest BCUT2D eigenvalue weighted by Gasteiger charge is 2.40. The molecule has 2 aliphatic heterocycles. The third kappa shape index (κ3) is 5.31. The highest BCUT2D eigenvalue weighted by atomic mass is 35.5. The van der Waals surface area contributed by atoms with E-state index in [4.69, 9.17) is 16.6 Å². The van der Waals surface area contributed by atoms with Gasteiger partial charge in [0.2, 0.25) is 15.9 Å². The topological polar surface area (TPSA) is 91.3 Å². The van der Waals surface area contributed by atoms with Crippen molar-refractivity contribution < 1.29 is 26.4 Å². The Morgan fingerprint density at radius 2 is 1.83 bits per heavy atom. The summed E-state index contributed by atoms with van der Waals surface area (Å²) in [6, 6.07) is 11.0. The summed E-state index contributed by atoms with van der Waals surface area (Å²) >= 11 is 6.10. The molecule has 2 aromatic heterocycles. The lowest BCUT2D eigenvalue weighted by atomic mass is 9.95. The van der Waals surface area contributed by atoms with Gasteiger partial charge in [0.15, 0.2) is 0 Å². The number of amides is 1. The smallest absolute Gasteiger partial charge is 0.349 e. The molecule has 1 N–H and O–H groups in total. The average molecular weight is 620 g/mol. The van der Waals surface area contributed by atoms with Crippen molar-refractivity contribution in [2.45, 2.75) is 55.8 Å². The molecule has 1 amide bonds. The second-order valence-electron chi connectivity index (χ2n) is 10.9. The van der Waals surface area contributed by atoms with Crippen molar-refractivity contribution >= 4 is 38.6 Å². The molecule has 42 heavy (non-hydrogen) atoms. The van der Waals surface area contributed by atoms with E-state index in [9.17, 15) is 26.4 Å². The first-order chi connectivity index (χ1) is 19.9. The van der Waals surface area contributed by atoms with Crippen LogP contribution in [0.15, 0.2) is 59.6 Å². The van der Waals surface area contributed by atoms with Crippen LogP contribution in [0.25, 0.3) is 11.0 Å². The summed E-state index contributed by atoms with van der Waals surface area (Å²) in [6.45, 7) is 3.42. The van der Waals surface area contributed by atoms with Crippen LogP contribution in [0.4, 0.5) is 13.2 Å². The number of carbonyl (C=O) groups is 1. The molecule has 0 bridgehead atoms. The van der Waals surface area contributed by atoms with E-state index in [-0.39, 0.29) is 24.8 Å². The lowest BCUT2D eigenvalue weighted by Gasteiger charge is -2.38. The standard InChI is InChI=1S/C29H29ClF3N5O3S/c1-18-4-6-22-23(15-18)35-28(34-22)19-8-11-37(12-9-19)27(39)17-25-24-3-2-10-36(24)13-14-38(25)42(40,41)26-7-5-20(16-21(26)30)29(31,32)33/h2-7,10,15-16,19,25H,8-9,11-14,17H2,1H3,(H,34,35). The van der Waals surface area contributed by atoms with Gasteiger partial charge in [0.05, 0.1) is 27.7 Å². The van der Waals surface area contributed by atoms with Crippen LogP contribution in [0, 0.1) is 6.92 Å². The van der Waals surface area contributed by atoms with Crippen molar-refractivity contribution in [3.05, 3.63) is 82.4 Å². The molecule has 0 radical (unpaired) electrons. The summed E-state index contributed by atoms with van der Waals surface area (Å²) in [5, 5.41) is -0.515. The molecule has 0 saturated carbocycles. The van der Waals surface area contributed by atoms with E-state index in [1.807, 2.05) is 29.8 Å². The molecule has 2 aromatic carbocycles. The lowest BCUT2D eigenvalue weighted by molar-refractivity contribution is -0.137. The first-order valence-electron chi connectivity index (χ1n) is 13.7. The maximum Gasteiger partial charge on any atom is 0.416 e. The first kappa shape index (κ1) is 28.8. The van der Waals surface area contributed by atoms with Gasteiger partial charge in [0.25, 0.3) is 0 Å². The fraction of sp³-hybridized carbons (Fsp3) is 0.379. The summed E-state index contributed by atoms with van der Waals surface area (Å²) in [5.41, 5.74) is 2.64. The first-order valence-corrected chi connectivity index (χ1v) is 15.5. The minimum Gasteiger partial charge on any atom is -0.349 e. The van der Waals surface area contributed by atoms with Gasteiger partial charge in [0.1, 0.15) is 10.7 Å². The number of benzene rings is 2. The molecule has 1 atom stereocenters. The van der Waals surface area contributed by atoms with Crippen molar-refractivity contribution in [3.63, 3.8) is 0 Å². The number of imidazole rings is 1. The molecular weight excluding hydrogens is 591 g/mol. The van der Waals surface area contributed by atoms with Gasteiger partial charge in [-0.3, -0.25) is 4.79 Å². The van der Waals surface area contributed by atoms with Gasteiger partial charge in [0, 0.05) is 50.4 Å². The number of piperidine rings is 1. The monoisotopic (exact) mass is 619 g/mol. The zero-order valence-corrected chi connectivity index (χ0v) is 24.3. The number of carbonyl (C=O) groups excluding carboxylic acids is 1. The molecule has 1 unspecified atom stereocenters. The van der Waals surface area contributed by atoms with Gasteiger partial charge < -0.3 is 14.5 Å². The van der Waals surface area contributed by atoms with Crippen molar-refractivity contribution in [2.75, 3.05) is 19.6 Å². The van der Waals surface area contributed by atoms with Gasteiger partial charge in [-0.15, -0.1) is 0 Å². The molecule has 0 aliphatic carbocycles. The lowest BCUT2D eigenvalue weighted by Crippen LogP contribution is -2.45. The van der Waals surface area contributed by atoms with Crippen LogP contribution in [-0.4, -0.2) is 57.7 Å². The Labute approximate surface area is 246 Å². The number of sulfonamides is 1. The molecule has 0 spiro atoms. The Morgan fingerprint density at radius 1 is 1.07 bits per heavy atom. The van der Waals surface area contributed by atoms with Crippen molar-refractivity contribution in [3.8, 4) is 0 Å². The van der Waals surface area contributed by atoms with Crippen LogP contribution in [0.3, 0.4) is 0 Å². The summed E-state index contributed by atoms with van der Waals surface area (Å²) in [6.07, 6.45) is -1.51. The quantitative estimate of drug-likeness (QED) is 0.302. The number of alkyl halides is 3. The van der Waals surface area contributed by atoms with E-state index in [0.717, 1.165) is 41.3 Å². The second-order valence-corrected chi connectivity index (χ2v) is 13.2. The van der Waals surface area contributed by atoms with E-state index in [0.29, 0.717) is 37.5 Å². The van der Waals surface area contributed by atoms with Gasteiger partial charge in [-0.05, 0) is 67.8 Å². The van der Waals surface area contributed by atoms with Crippen molar-refractivity contribution in [1.29, 1.82) is 0 Å². The number of rotatable bonds is 5. The Bertz CT molecular complexity index is 1760. The van der Waals surface area contributed by atoms with Gasteiger partial charge >= 0.3 is 6.18 Å². The maximum atomic E-state index is 13.8. The molecule has 4 heterocycles. The zero-order chi connectivity index (χ0) is 29.8. The molecule has 1 fully saturated rings. The number of aromatic amines is 1. The third-order valence-corrected chi connectivity index (χ3v) is 10.6. The number of nitrogens with zero attached hydrogens (tertiary/aromatic N) is 4. The molecule has 2 aliphatic rings. The van der Waals surface area contributed by atoms with Crippen LogP contribution < -0.4 is 0 Å². The van der Waals surface area contributed by atoms with E-state index in [1.54, 1.807) is 17.0 Å². The second kappa shape index (κ2) is 10.7. The summed E-state index contributed by atoms with van der Waals surface area (Å²) in [4.78, 5) is 23.1. The zero-order valence-electron chi connectivity index (χ0n) is 22.7. The molecule has 4 aromatic rings. The predicted molar refractivity (Wildman–Crippen MR) is 152 cm³/mol. The average Bonchev–Trinajstić information content (AvgIpc) is 3.59. The number of fused-ring (bicyclic) bond motifs is 2. The minimum atomic E-state index is -4.66. The summed E-state index contributed by atoms with van der Waals surface area (Å²) < 4.78 is 70.2. The van der Waals surface area contributed by atoms with Gasteiger partial charge in [-0.1, -0.05) is 17.7 Å². The Balaban J connectivity index is 1.20. The minimum absolute atomic E-state index is 0.0485. The van der Waals surface area contributed by atoms with Crippen molar-refractivity contribution in [2.24, 2.45) is 0 Å². The largest absolute Gasteiger partial charge is 0.416 e. The number of hydrogen-bond donors (Lipinski definition) is 1. The number of H-pyrrole nitrogens is 1. The van der Waals surface area contributed by atoms with E-state index < -0.39 is 37.7 Å². The van der Waals surface area contributed by atoms with Crippen molar-refractivity contribution in [1.82, 2.24) is 23.7 Å².